The summed E-state index contributed by atoms with van der Waals surface area (Å²) >= 11 is 1.33. The molecule has 0 aliphatic heterocycles. The number of oxazole rings is 1. The van der Waals surface area contributed by atoms with Gasteiger partial charge in [0, 0.05) is 17.1 Å². The molecular formula is C19H14N4O2S. The van der Waals surface area contributed by atoms with Crippen LogP contribution in [-0.4, -0.2) is 20.9 Å². The standard InChI is InChI=1S/C19H14N4O2S/c1-12-5-4-6-13(9-12)16-17(25-11-21-16)18(24)23-19-22-15(10-26-19)14-7-2-3-8-20-14/h2-11H,1H3,(H,22,23,24). The molecule has 26 heavy (non-hydrogen) atoms. The second kappa shape index (κ2) is 6.89. The SMILES string of the molecule is Cc1cccc(-c2ncoc2C(=O)Nc2nc(-c3ccccn3)cs2)c1. The molecule has 0 spiro atoms. The average molecular weight is 362 g/mol. The third-order valence-electron chi connectivity index (χ3n) is 3.72. The van der Waals surface area contributed by atoms with Gasteiger partial charge in [0.1, 0.15) is 11.4 Å². The fourth-order valence-corrected chi connectivity index (χ4v) is 3.22. The highest BCUT2D eigenvalue weighted by Gasteiger charge is 2.20. The number of benzene rings is 1. The molecule has 0 fully saturated rings. The molecule has 0 aliphatic rings. The molecule has 128 valence electrons. The summed E-state index contributed by atoms with van der Waals surface area (Å²) in [6, 6.07) is 13.4. The molecule has 4 rings (SSSR count). The molecule has 1 amide bonds. The Bertz CT molecular complexity index is 1060. The zero-order chi connectivity index (χ0) is 17.9. The third-order valence-corrected chi connectivity index (χ3v) is 4.47. The maximum Gasteiger partial charge on any atom is 0.295 e. The molecule has 1 aromatic carbocycles. The number of thiazole rings is 1. The maximum atomic E-state index is 12.6. The van der Waals surface area contributed by atoms with Gasteiger partial charge in [-0.05, 0) is 25.1 Å². The Morgan fingerprint density at radius 1 is 1.12 bits per heavy atom. The van der Waals surface area contributed by atoms with Crippen molar-refractivity contribution in [2.45, 2.75) is 6.92 Å². The zero-order valence-corrected chi connectivity index (χ0v) is 14.7. The molecular weight excluding hydrogens is 348 g/mol. The topological polar surface area (TPSA) is 80.9 Å². The van der Waals surface area contributed by atoms with Crippen molar-refractivity contribution in [1.82, 2.24) is 15.0 Å². The van der Waals surface area contributed by atoms with E-state index in [0.717, 1.165) is 16.8 Å². The zero-order valence-electron chi connectivity index (χ0n) is 13.8. The monoisotopic (exact) mass is 362 g/mol. The van der Waals surface area contributed by atoms with Gasteiger partial charge >= 0.3 is 0 Å². The summed E-state index contributed by atoms with van der Waals surface area (Å²) in [6.07, 6.45) is 2.98. The molecule has 0 aliphatic carbocycles. The molecule has 0 unspecified atom stereocenters. The molecule has 3 heterocycles. The van der Waals surface area contributed by atoms with E-state index >= 15 is 0 Å². The van der Waals surface area contributed by atoms with E-state index in [1.54, 1.807) is 6.20 Å². The minimum atomic E-state index is -0.388. The number of carbonyl (C=O) groups excluding carboxylic acids is 1. The first kappa shape index (κ1) is 16.2. The van der Waals surface area contributed by atoms with Crippen LogP contribution in [0.5, 0.6) is 0 Å². The number of nitrogens with one attached hydrogen (secondary N) is 1. The molecule has 7 heteroatoms. The first-order valence-electron chi connectivity index (χ1n) is 7.89. The van der Waals surface area contributed by atoms with Crippen LogP contribution in [0.4, 0.5) is 5.13 Å². The Morgan fingerprint density at radius 3 is 2.85 bits per heavy atom. The minimum Gasteiger partial charge on any atom is -0.438 e. The quantitative estimate of drug-likeness (QED) is 0.581. The van der Waals surface area contributed by atoms with E-state index in [4.69, 9.17) is 4.42 Å². The highest BCUT2D eigenvalue weighted by atomic mass is 32.1. The van der Waals surface area contributed by atoms with Crippen molar-refractivity contribution >= 4 is 22.4 Å². The van der Waals surface area contributed by atoms with Crippen LogP contribution >= 0.6 is 11.3 Å². The fraction of sp³-hybridized carbons (Fsp3) is 0.0526. The van der Waals surface area contributed by atoms with Crippen molar-refractivity contribution in [2.75, 3.05) is 5.32 Å². The van der Waals surface area contributed by atoms with E-state index < -0.39 is 0 Å². The van der Waals surface area contributed by atoms with Crippen LogP contribution in [0.3, 0.4) is 0 Å². The van der Waals surface area contributed by atoms with Gasteiger partial charge in [0.25, 0.3) is 5.91 Å². The second-order valence-corrected chi connectivity index (χ2v) is 6.46. The average Bonchev–Trinajstić information content (AvgIpc) is 3.32. The summed E-state index contributed by atoms with van der Waals surface area (Å²) < 4.78 is 5.33. The van der Waals surface area contributed by atoms with Gasteiger partial charge in [0.2, 0.25) is 5.76 Å². The summed E-state index contributed by atoms with van der Waals surface area (Å²) in [7, 11) is 0. The molecule has 0 saturated heterocycles. The van der Waals surface area contributed by atoms with Crippen molar-refractivity contribution < 1.29 is 9.21 Å². The Hall–Kier alpha value is -3.32. The third kappa shape index (κ3) is 3.25. The van der Waals surface area contributed by atoms with Gasteiger partial charge in [-0.15, -0.1) is 11.3 Å². The highest BCUT2D eigenvalue weighted by Crippen LogP contribution is 2.26. The van der Waals surface area contributed by atoms with Crippen molar-refractivity contribution in [2.24, 2.45) is 0 Å². The molecule has 1 N–H and O–H groups in total. The van der Waals surface area contributed by atoms with Gasteiger partial charge in [-0.2, -0.15) is 0 Å². The van der Waals surface area contributed by atoms with Gasteiger partial charge in [-0.1, -0.05) is 29.8 Å². The number of amides is 1. The first-order chi connectivity index (χ1) is 12.7. The van der Waals surface area contributed by atoms with Crippen LogP contribution in [0.1, 0.15) is 16.1 Å². The predicted octanol–water partition coefficient (Wildman–Crippen LogP) is 4.42. The Morgan fingerprint density at radius 2 is 2.04 bits per heavy atom. The smallest absolute Gasteiger partial charge is 0.295 e. The number of anilines is 1. The lowest BCUT2D eigenvalue weighted by Crippen LogP contribution is -2.12. The summed E-state index contributed by atoms with van der Waals surface area (Å²) in [6.45, 7) is 1.98. The number of carbonyl (C=O) groups is 1. The summed E-state index contributed by atoms with van der Waals surface area (Å²) in [5.41, 5.74) is 3.88. The number of rotatable bonds is 4. The van der Waals surface area contributed by atoms with E-state index in [1.165, 1.54) is 17.7 Å². The van der Waals surface area contributed by atoms with Gasteiger partial charge < -0.3 is 4.42 Å². The van der Waals surface area contributed by atoms with E-state index in [2.05, 4.69) is 20.3 Å². The summed E-state index contributed by atoms with van der Waals surface area (Å²) in [5, 5.41) is 5.09. The Labute approximate surface area is 153 Å². The van der Waals surface area contributed by atoms with Crippen LogP contribution in [0.15, 0.2) is 64.9 Å². The van der Waals surface area contributed by atoms with Crippen molar-refractivity contribution in [1.29, 1.82) is 0 Å². The van der Waals surface area contributed by atoms with Gasteiger partial charge in [-0.3, -0.25) is 15.1 Å². The molecule has 6 nitrogen and oxygen atoms in total. The van der Waals surface area contributed by atoms with Gasteiger partial charge in [0.05, 0.1) is 5.69 Å². The van der Waals surface area contributed by atoms with Gasteiger partial charge in [-0.25, -0.2) is 9.97 Å². The highest BCUT2D eigenvalue weighted by molar-refractivity contribution is 7.14. The van der Waals surface area contributed by atoms with E-state index in [9.17, 15) is 4.79 Å². The number of aromatic nitrogens is 3. The lowest BCUT2D eigenvalue weighted by molar-refractivity contribution is 0.0997. The fourth-order valence-electron chi connectivity index (χ4n) is 2.52. The predicted molar refractivity (Wildman–Crippen MR) is 100.0 cm³/mol. The minimum absolute atomic E-state index is 0.158. The molecule has 0 saturated carbocycles. The van der Waals surface area contributed by atoms with Crippen LogP contribution < -0.4 is 5.32 Å². The van der Waals surface area contributed by atoms with E-state index in [-0.39, 0.29) is 11.7 Å². The number of aryl methyl sites for hydroxylation is 1. The maximum absolute atomic E-state index is 12.6. The molecule has 0 bridgehead atoms. The molecule has 4 aromatic rings. The lowest BCUT2D eigenvalue weighted by Gasteiger charge is -2.02. The largest absolute Gasteiger partial charge is 0.438 e. The summed E-state index contributed by atoms with van der Waals surface area (Å²) in [4.78, 5) is 25.5. The molecule has 3 aromatic heterocycles. The van der Waals surface area contributed by atoms with Crippen LogP contribution in [0.25, 0.3) is 22.6 Å². The lowest BCUT2D eigenvalue weighted by atomic mass is 10.1. The number of pyridine rings is 1. The summed E-state index contributed by atoms with van der Waals surface area (Å²) in [5.74, 6) is -0.230. The Balaban J connectivity index is 1.57. The number of hydrogen-bond donors (Lipinski definition) is 1. The van der Waals surface area contributed by atoms with Crippen molar-refractivity contribution in [3.05, 3.63) is 71.8 Å². The van der Waals surface area contributed by atoms with E-state index in [0.29, 0.717) is 16.5 Å². The molecule has 0 atom stereocenters. The molecule has 0 radical (unpaired) electrons. The van der Waals surface area contributed by atoms with E-state index in [1.807, 2.05) is 54.8 Å². The van der Waals surface area contributed by atoms with Crippen molar-refractivity contribution in [3.63, 3.8) is 0 Å². The number of hydrogen-bond acceptors (Lipinski definition) is 6. The van der Waals surface area contributed by atoms with Crippen LogP contribution in [-0.2, 0) is 0 Å². The normalized spacial score (nSPS) is 10.7. The van der Waals surface area contributed by atoms with Crippen LogP contribution in [0, 0.1) is 6.92 Å². The second-order valence-electron chi connectivity index (χ2n) is 5.61. The van der Waals surface area contributed by atoms with Gasteiger partial charge in [0.15, 0.2) is 11.5 Å². The first-order valence-corrected chi connectivity index (χ1v) is 8.77. The van der Waals surface area contributed by atoms with Crippen LogP contribution in [0.2, 0.25) is 0 Å². The number of nitrogens with zero attached hydrogens (tertiary/aromatic N) is 3. The van der Waals surface area contributed by atoms with Crippen molar-refractivity contribution in [3.8, 4) is 22.6 Å². The Kier molecular flexibility index (Phi) is 4.28.